The average molecular weight is 368 g/mol. The first-order valence-corrected chi connectivity index (χ1v) is 8.31. The van der Waals surface area contributed by atoms with Gasteiger partial charge in [0.25, 0.3) is 6.43 Å². The predicted octanol–water partition coefficient (Wildman–Crippen LogP) is 4.08. The van der Waals surface area contributed by atoms with Gasteiger partial charge in [-0.05, 0) is 18.2 Å². The van der Waals surface area contributed by atoms with Gasteiger partial charge in [-0.2, -0.15) is 15.5 Å². The molecule has 0 aliphatic carbocycles. The highest BCUT2D eigenvalue weighted by Crippen LogP contribution is 2.35. The number of fused-ring (bicyclic) bond motifs is 1. The van der Waals surface area contributed by atoms with Crippen molar-refractivity contribution in [1.82, 2.24) is 24.8 Å². The van der Waals surface area contributed by atoms with Crippen molar-refractivity contribution >= 4 is 17.3 Å². The molecule has 0 fully saturated rings. The first-order valence-electron chi connectivity index (χ1n) is 7.49. The summed E-state index contributed by atoms with van der Waals surface area (Å²) in [6.07, 6.45) is 4.02. The van der Waals surface area contributed by atoms with Crippen molar-refractivity contribution in [2.75, 3.05) is 0 Å². The Balaban J connectivity index is 1.86. The first-order chi connectivity index (χ1) is 12.7. The van der Waals surface area contributed by atoms with E-state index in [4.69, 9.17) is 0 Å². The molecule has 0 saturated heterocycles. The van der Waals surface area contributed by atoms with Crippen LogP contribution in [0.25, 0.3) is 16.6 Å². The number of hydrogen-bond acceptors (Lipinski definition) is 5. The molecule has 0 radical (unpaired) electrons. The van der Waals surface area contributed by atoms with E-state index in [1.54, 1.807) is 29.2 Å². The van der Waals surface area contributed by atoms with Crippen LogP contribution in [0.15, 0.2) is 59.0 Å². The third-order valence-corrected chi connectivity index (χ3v) is 4.68. The fraction of sp³-hybridized carbons (Fsp3) is 0.0588. The molecule has 0 amide bonds. The van der Waals surface area contributed by atoms with Gasteiger partial charge < -0.3 is 0 Å². The number of pyridine rings is 2. The van der Waals surface area contributed by atoms with E-state index in [1.165, 1.54) is 30.1 Å². The second-order valence-corrected chi connectivity index (χ2v) is 6.41. The van der Waals surface area contributed by atoms with Gasteiger partial charge in [-0.15, -0.1) is 0 Å². The summed E-state index contributed by atoms with van der Waals surface area (Å²) in [5.74, 6) is 0. The summed E-state index contributed by atoms with van der Waals surface area (Å²) in [7, 11) is 0. The lowest BCUT2D eigenvalue weighted by Gasteiger charge is -2.08. The molecule has 26 heavy (non-hydrogen) atoms. The van der Waals surface area contributed by atoms with E-state index in [9.17, 15) is 14.0 Å². The van der Waals surface area contributed by atoms with E-state index in [-0.39, 0.29) is 5.69 Å². The summed E-state index contributed by atoms with van der Waals surface area (Å²) in [6, 6.07) is 8.44. The molecular formula is C17H10F2N6S. The summed E-state index contributed by atoms with van der Waals surface area (Å²) in [5.41, 5.74) is 2.39. The molecule has 0 bridgehead atoms. The SMILES string of the molecule is N#Cc1cnn2cc(-c3cn[nH]c3)cc(Sc3cccc(C(F)F)n3)c12. The smallest absolute Gasteiger partial charge is 0.280 e. The maximum absolute atomic E-state index is 12.9. The summed E-state index contributed by atoms with van der Waals surface area (Å²) < 4.78 is 27.4. The largest absolute Gasteiger partial charge is 0.285 e. The molecule has 4 aromatic heterocycles. The van der Waals surface area contributed by atoms with Gasteiger partial charge in [-0.25, -0.2) is 18.3 Å². The first kappa shape index (κ1) is 16.2. The van der Waals surface area contributed by atoms with Gasteiger partial charge in [0.1, 0.15) is 16.8 Å². The van der Waals surface area contributed by atoms with Crippen LogP contribution >= 0.6 is 11.8 Å². The van der Waals surface area contributed by atoms with E-state index in [0.717, 1.165) is 11.1 Å². The second kappa shape index (κ2) is 6.57. The van der Waals surface area contributed by atoms with Crippen LogP contribution in [0, 0.1) is 11.3 Å². The lowest BCUT2D eigenvalue weighted by Crippen LogP contribution is -1.94. The number of nitrogens with zero attached hydrogens (tertiary/aromatic N) is 5. The van der Waals surface area contributed by atoms with Crippen molar-refractivity contribution < 1.29 is 8.78 Å². The van der Waals surface area contributed by atoms with Gasteiger partial charge in [0.05, 0.1) is 23.5 Å². The topological polar surface area (TPSA) is 82.7 Å². The minimum absolute atomic E-state index is 0.286. The van der Waals surface area contributed by atoms with Gasteiger partial charge >= 0.3 is 0 Å². The van der Waals surface area contributed by atoms with Crippen LogP contribution < -0.4 is 0 Å². The van der Waals surface area contributed by atoms with E-state index in [2.05, 4.69) is 26.3 Å². The van der Waals surface area contributed by atoms with E-state index in [0.29, 0.717) is 21.0 Å². The summed E-state index contributed by atoms with van der Waals surface area (Å²) in [4.78, 5) is 4.68. The maximum Gasteiger partial charge on any atom is 0.280 e. The third kappa shape index (κ3) is 2.91. The molecule has 128 valence electrons. The van der Waals surface area contributed by atoms with Crippen molar-refractivity contribution in [3.8, 4) is 17.2 Å². The van der Waals surface area contributed by atoms with Crippen LogP contribution in [0.1, 0.15) is 17.7 Å². The molecule has 6 nitrogen and oxygen atoms in total. The zero-order valence-corrected chi connectivity index (χ0v) is 13.9. The Labute approximate surface area is 150 Å². The number of aromatic nitrogens is 5. The molecule has 0 atom stereocenters. The van der Waals surface area contributed by atoms with Gasteiger partial charge in [0.15, 0.2) is 0 Å². The van der Waals surface area contributed by atoms with Crippen molar-refractivity contribution in [3.63, 3.8) is 0 Å². The molecule has 0 unspecified atom stereocenters. The highest BCUT2D eigenvalue weighted by Gasteiger charge is 2.15. The Morgan fingerprint density at radius 2 is 2.12 bits per heavy atom. The van der Waals surface area contributed by atoms with Crippen LogP contribution in [0.4, 0.5) is 8.78 Å². The number of alkyl halides is 2. The number of hydrogen-bond donors (Lipinski definition) is 1. The fourth-order valence-corrected chi connectivity index (χ4v) is 3.54. The number of nitriles is 1. The van der Waals surface area contributed by atoms with Crippen LogP contribution in [-0.2, 0) is 0 Å². The Hall–Kier alpha value is -3.25. The molecule has 0 saturated carbocycles. The molecule has 9 heteroatoms. The molecule has 0 aromatic carbocycles. The predicted molar refractivity (Wildman–Crippen MR) is 90.8 cm³/mol. The lowest BCUT2D eigenvalue weighted by molar-refractivity contribution is 0.145. The number of rotatable bonds is 4. The van der Waals surface area contributed by atoms with Crippen molar-refractivity contribution in [2.45, 2.75) is 16.3 Å². The molecular weight excluding hydrogens is 358 g/mol. The second-order valence-electron chi connectivity index (χ2n) is 5.35. The zero-order chi connectivity index (χ0) is 18.1. The molecule has 0 spiro atoms. The molecule has 0 aliphatic rings. The minimum atomic E-state index is -2.64. The average Bonchev–Trinajstić information content (AvgIpc) is 3.31. The molecule has 1 N–H and O–H groups in total. The number of nitrogens with one attached hydrogen (secondary N) is 1. The Bertz CT molecular complexity index is 1110. The van der Waals surface area contributed by atoms with Gasteiger partial charge in [-0.3, -0.25) is 5.10 Å². The van der Waals surface area contributed by atoms with E-state index >= 15 is 0 Å². The lowest BCUT2D eigenvalue weighted by atomic mass is 10.1. The number of aromatic amines is 1. The highest BCUT2D eigenvalue weighted by molar-refractivity contribution is 7.99. The summed E-state index contributed by atoms with van der Waals surface area (Å²) >= 11 is 1.21. The van der Waals surface area contributed by atoms with Gasteiger partial charge in [0, 0.05) is 28.4 Å². The fourth-order valence-electron chi connectivity index (χ4n) is 2.53. The number of H-pyrrole nitrogens is 1. The third-order valence-electron chi connectivity index (χ3n) is 3.71. The van der Waals surface area contributed by atoms with Crippen LogP contribution in [0.5, 0.6) is 0 Å². The van der Waals surface area contributed by atoms with Crippen molar-refractivity contribution in [1.29, 1.82) is 5.26 Å². The maximum atomic E-state index is 12.9. The van der Waals surface area contributed by atoms with Crippen LogP contribution in [0.2, 0.25) is 0 Å². The minimum Gasteiger partial charge on any atom is -0.285 e. The Morgan fingerprint density at radius 1 is 1.23 bits per heavy atom. The Morgan fingerprint density at radius 3 is 2.85 bits per heavy atom. The van der Waals surface area contributed by atoms with Gasteiger partial charge in [0.2, 0.25) is 0 Å². The van der Waals surface area contributed by atoms with Crippen molar-refractivity contribution in [3.05, 3.63) is 60.3 Å². The van der Waals surface area contributed by atoms with E-state index < -0.39 is 6.43 Å². The quantitative estimate of drug-likeness (QED) is 0.587. The monoisotopic (exact) mass is 368 g/mol. The molecule has 4 heterocycles. The van der Waals surface area contributed by atoms with Crippen LogP contribution in [0.3, 0.4) is 0 Å². The number of halogens is 2. The van der Waals surface area contributed by atoms with E-state index in [1.807, 2.05) is 6.07 Å². The van der Waals surface area contributed by atoms with Gasteiger partial charge in [-0.1, -0.05) is 17.8 Å². The Kier molecular flexibility index (Phi) is 4.10. The zero-order valence-electron chi connectivity index (χ0n) is 13.1. The standard InChI is InChI=1S/C17H10F2N6S/c18-17(19)13-2-1-3-15(24-13)26-14-4-10(12-6-21-22-7-12)9-25-16(14)11(5-20)8-23-25/h1-4,6-9,17H,(H,21,22). The van der Waals surface area contributed by atoms with Crippen LogP contribution in [-0.4, -0.2) is 24.8 Å². The normalized spacial score (nSPS) is 11.2. The molecule has 4 aromatic rings. The molecule has 0 aliphatic heterocycles. The molecule has 4 rings (SSSR count). The summed E-state index contributed by atoms with van der Waals surface area (Å²) in [6.45, 7) is 0. The summed E-state index contributed by atoms with van der Waals surface area (Å²) in [5, 5.41) is 20.7. The highest BCUT2D eigenvalue weighted by atomic mass is 32.2. The van der Waals surface area contributed by atoms with Crippen molar-refractivity contribution in [2.24, 2.45) is 0 Å².